The number of halogens is 8. The summed E-state index contributed by atoms with van der Waals surface area (Å²) in [7, 11) is 0. The number of carbonyl (C=O) groups is 2. The predicted octanol–water partition coefficient (Wildman–Crippen LogP) is 8.80. The summed E-state index contributed by atoms with van der Waals surface area (Å²) in [6, 6.07) is 13.0. The molecule has 0 aliphatic heterocycles. The zero-order valence-electron chi connectivity index (χ0n) is 24.3. The van der Waals surface area contributed by atoms with Crippen LogP contribution in [0.15, 0.2) is 73.1 Å². The molecule has 18 heteroatoms. The van der Waals surface area contributed by atoms with Crippen LogP contribution in [0.3, 0.4) is 0 Å². The molecule has 0 saturated heterocycles. The normalized spacial score (nSPS) is 12.5. The van der Waals surface area contributed by atoms with Gasteiger partial charge in [0.05, 0.1) is 11.1 Å². The molecule has 0 saturated carbocycles. The van der Waals surface area contributed by atoms with Gasteiger partial charge >= 0.3 is 24.3 Å². The van der Waals surface area contributed by atoms with Crippen LogP contribution in [0.5, 0.6) is 34.8 Å². The van der Waals surface area contributed by atoms with E-state index in [2.05, 4.69) is 9.97 Å². The molecule has 2 heterocycles. The zero-order valence-corrected chi connectivity index (χ0v) is 25.9. The molecule has 0 aliphatic rings. The van der Waals surface area contributed by atoms with Gasteiger partial charge in [0, 0.05) is 12.4 Å². The van der Waals surface area contributed by atoms with Gasteiger partial charge in [0.25, 0.3) is 0 Å². The lowest BCUT2D eigenvalue weighted by Gasteiger charge is -2.12. The smallest absolute Gasteiger partial charge is 0.417 e. The van der Waals surface area contributed by atoms with Gasteiger partial charge in [-0.25, -0.2) is 19.6 Å². The van der Waals surface area contributed by atoms with Crippen molar-refractivity contribution in [2.45, 2.75) is 38.4 Å². The molecule has 2 aromatic heterocycles. The largest absolute Gasteiger partial charge is 0.479 e. The number of aliphatic carboxylic acids is 2. The molecule has 2 N–H and O–H groups in total. The third kappa shape index (κ3) is 11.1. The minimum absolute atomic E-state index is 0.183. The van der Waals surface area contributed by atoms with Gasteiger partial charge in [-0.3, -0.25) is 0 Å². The lowest BCUT2D eigenvalue weighted by atomic mass is 10.3. The molecule has 4 rings (SSSR count). The summed E-state index contributed by atoms with van der Waals surface area (Å²) in [5.74, 6) is -1.51. The Bertz CT molecular complexity index is 1600. The number of alkyl halides is 6. The Morgan fingerprint density at radius 3 is 1.17 bits per heavy atom. The topological polar surface area (TPSA) is 137 Å². The molecule has 0 fully saturated rings. The average molecular weight is 723 g/mol. The zero-order chi connectivity index (χ0) is 35.8. The van der Waals surface area contributed by atoms with Crippen LogP contribution in [0.25, 0.3) is 0 Å². The van der Waals surface area contributed by atoms with Gasteiger partial charge in [-0.1, -0.05) is 23.2 Å². The third-order valence-electron chi connectivity index (χ3n) is 5.67. The molecule has 256 valence electrons. The van der Waals surface area contributed by atoms with Crippen molar-refractivity contribution in [1.82, 2.24) is 9.97 Å². The van der Waals surface area contributed by atoms with Crippen LogP contribution in [-0.2, 0) is 21.9 Å². The predicted molar refractivity (Wildman–Crippen MR) is 157 cm³/mol. The van der Waals surface area contributed by atoms with E-state index < -0.39 is 47.6 Å². The fourth-order valence-electron chi connectivity index (χ4n) is 3.22. The van der Waals surface area contributed by atoms with E-state index in [4.69, 9.17) is 52.4 Å². The Morgan fingerprint density at radius 2 is 0.917 bits per heavy atom. The highest BCUT2D eigenvalue weighted by Crippen LogP contribution is 2.36. The Hall–Kier alpha value is -4.96. The molecule has 2 unspecified atom stereocenters. The Morgan fingerprint density at radius 1 is 0.625 bits per heavy atom. The molecule has 10 nitrogen and oxygen atoms in total. The lowest BCUT2D eigenvalue weighted by molar-refractivity contribution is -0.145. The molecule has 4 aromatic rings. The van der Waals surface area contributed by atoms with E-state index in [0.29, 0.717) is 23.9 Å². The molecule has 0 aliphatic carbocycles. The van der Waals surface area contributed by atoms with Gasteiger partial charge in [-0.2, -0.15) is 26.3 Å². The first-order chi connectivity index (χ1) is 22.3. The average Bonchev–Trinajstić information content (AvgIpc) is 3.00. The molecular formula is C30H22Cl2F6N2O8. The van der Waals surface area contributed by atoms with Crippen LogP contribution in [0.2, 0.25) is 10.0 Å². The second-order valence-electron chi connectivity index (χ2n) is 9.36. The number of nitrogens with zero attached hydrogens (tertiary/aromatic N) is 2. The number of ether oxygens (including phenoxy) is 4. The van der Waals surface area contributed by atoms with Crippen molar-refractivity contribution >= 4 is 35.1 Å². The summed E-state index contributed by atoms with van der Waals surface area (Å²) in [5.41, 5.74) is -1.96. The Balaban J connectivity index is 0.000000260. The minimum atomic E-state index is -4.55. The van der Waals surface area contributed by atoms with Gasteiger partial charge in [-0.15, -0.1) is 0 Å². The van der Waals surface area contributed by atoms with Crippen molar-refractivity contribution in [3.05, 3.63) is 94.2 Å². The van der Waals surface area contributed by atoms with E-state index in [1.807, 2.05) is 0 Å². The van der Waals surface area contributed by atoms with E-state index in [0.717, 1.165) is 12.1 Å². The summed E-state index contributed by atoms with van der Waals surface area (Å²) in [5, 5.41) is 16.9. The molecular weight excluding hydrogens is 701 g/mol. The Labute approximate surface area is 277 Å². The monoisotopic (exact) mass is 722 g/mol. The molecule has 0 radical (unpaired) electrons. The molecule has 0 amide bonds. The third-order valence-corrected chi connectivity index (χ3v) is 6.21. The maximum atomic E-state index is 12.5. The number of benzene rings is 2. The van der Waals surface area contributed by atoms with Gasteiger partial charge < -0.3 is 29.2 Å². The van der Waals surface area contributed by atoms with E-state index >= 15 is 0 Å². The summed E-state index contributed by atoms with van der Waals surface area (Å²) in [6.45, 7) is 2.75. The number of pyridine rings is 2. The van der Waals surface area contributed by atoms with Gasteiger partial charge in [0.1, 0.15) is 33.0 Å². The quantitative estimate of drug-likeness (QED) is 0.153. The lowest BCUT2D eigenvalue weighted by Crippen LogP contribution is -2.22. The Kier molecular flexibility index (Phi) is 12.3. The minimum Gasteiger partial charge on any atom is -0.479 e. The van der Waals surface area contributed by atoms with E-state index in [9.17, 15) is 35.9 Å². The molecule has 48 heavy (non-hydrogen) atoms. The number of carboxylic acid groups (broad SMARTS) is 2. The number of aromatic nitrogens is 2. The highest BCUT2D eigenvalue weighted by Gasteiger charge is 2.32. The SMILES string of the molecule is CC(Oc1ccc(Oc2ncc(C(F)(F)F)cc2Cl)cc1)C(=O)O.CC(Oc1ccc(Oc2ncc(C(F)(F)F)cc2Cl)cc1)C(=O)O. The number of rotatable bonds is 10. The van der Waals surface area contributed by atoms with Gasteiger partial charge in [0.15, 0.2) is 12.2 Å². The van der Waals surface area contributed by atoms with Crippen LogP contribution in [-0.4, -0.2) is 44.3 Å². The van der Waals surface area contributed by atoms with Crippen molar-refractivity contribution in [2.75, 3.05) is 0 Å². The molecule has 2 aromatic carbocycles. The first-order valence-corrected chi connectivity index (χ1v) is 13.9. The first kappa shape index (κ1) is 37.5. The maximum Gasteiger partial charge on any atom is 0.417 e. The highest BCUT2D eigenvalue weighted by atomic mass is 35.5. The van der Waals surface area contributed by atoms with Crippen LogP contribution in [0.1, 0.15) is 25.0 Å². The van der Waals surface area contributed by atoms with E-state index in [1.165, 1.54) is 62.4 Å². The van der Waals surface area contributed by atoms with Crippen LogP contribution >= 0.6 is 23.2 Å². The summed E-state index contributed by atoms with van der Waals surface area (Å²) in [6.07, 6.45) is -9.91. The molecule has 0 bridgehead atoms. The summed E-state index contributed by atoms with van der Waals surface area (Å²) in [4.78, 5) is 28.5. The van der Waals surface area contributed by atoms with Crippen molar-refractivity contribution < 1.29 is 65.1 Å². The van der Waals surface area contributed by atoms with E-state index in [1.54, 1.807) is 0 Å². The maximum absolute atomic E-state index is 12.5. The standard InChI is InChI=1S/2C15H11ClF3NO4/c2*1-8(14(21)22)23-10-2-4-11(5-3-10)24-13-12(16)6-9(7-20-13)15(17,18)19/h2*2-8H,1H3,(H,21,22). The summed E-state index contributed by atoms with van der Waals surface area (Å²) < 4.78 is 96.1. The second-order valence-corrected chi connectivity index (χ2v) is 10.2. The summed E-state index contributed by atoms with van der Waals surface area (Å²) >= 11 is 11.5. The van der Waals surface area contributed by atoms with Crippen molar-refractivity contribution in [1.29, 1.82) is 0 Å². The molecule has 2 atom stereocenters. The fourth-order valence-corrected chi connectivity index (χ4v) is 3.63. The number of hydrogen-bond donors (Lipinski definition) is 2. The van der Waals surface area contributed by atoms with E-state index in [-0.39, 0.29) is 33.3 Å². The first-order valence-electron chi connectivity index (χ1n) is 13.1. The van der Waals surface area contributed by atoms with Crippen molar-refractivity contribution in [3.63, 3.8) is 0 Å². The number of carboxylic acids is 2. The van der Waals surface area contributed by atoms with Gasteiger partial charge in [0.2, 0.25) is 11.8 Å². The second kappa shape index (κ2) is 15.8. The molecule has 0 spiro atoms. The van der Waals surface area contributed by atoms with Crippen LogP contribution in [0.4, 0.5) is 26.3 Å². The number of hydrogen-bond acceptors (Lipinski definition) is 8. The van der Waals surface area contributed by atoms with Crippen molar-refractivity contribution in [3.8, 4) is 34.8 Å². The fraction of sp³-hybridized carbons (Fsp3) is 0.200. The van der Waals surface area contributed by atoms with Gasteiger partial charge in [-0.05, 0) is 74.5 Å². The van der Waals surface area contributed by atoms with Crippen LogP contribution in [0, 0.1) is 0 Å². The highest BCUT2D eigenvalue weighted by molar-refractivity contribution is 6.32. The van der Waals surface area contributed by atoms with Crippen molar-refractivity contribution in [2.24, 2.45) is 0 Å². The van der Waals surface area contributed by atoms with Crippen LogP contribution < -0.4 is 18.9 Å².